The summed E-state index contributed by atoms with van der Waals surface area (Å²) < 4.78 is 35.5. The number of imidazole rings is 1. The van der Waals surface area contributed by atoms with Gasteiger partial charge in [0.1, 0.15) is 17.4 Å². The zero-order valence-corrected chi connectivity index (χ0v) is 41.0. The SMILES string of the molecule is CNC(=O)C(CCC=O)N1C(=O)c2cccc3c(C4CCN(c5nc6c(CS(=O)(=O)N7CCC(Nc8cccc(-c9sc(C(=O)O)c(OCC(=O)O)c9Cl)c8)CC7(C)C)cccc6[nH]5)CC4)ccc1c23. The van der Waals surface area contributed by atoms with Gasteiger partial charge in [-0.15, -0.1) is 11.3 Å². The Labute approximate surface area is 412 Å². The number of aromatic carboxylic acids is 1. The Hall–Kier alpha value is -6.54. The van der Waals surface area contributed by atoms with E-state index >= 15 is 0 Å². The summed E-state index contributed by atoms with van der Waals surface area (Å²) in [6.07, 6.45) is 3.76. The van der Waals surface area contributed by atoms with Crippen molar-refractivity contribution in [3.8, 4) is 16.2 Å². The molecular formula is C50H52ClN7O10S2. The number of halogens is 1. The van der Waals surface area contributed by atoms with Crippen LogP contribution in [0.25, 0.3) is 32.2 Å². The number of aldehydes is 1. The molecule has 366 valence electrons. The number of carbonyl (C=O) groups excluding carboxylic acids is 3. The maximum atomic E-state index is 14.4. The number of carboxylic acid groups (broad SMARTS) is 2. The number of sulfonamides is 1. The lowest BCUT2D eigenvalue weighted by atomic mass is 9.85. The van der Waals surface area contributed by atoms with Crippen LogP contribution in [-0.4, -0.2) is 114 Å². The quantitative estimate of drug-likeness (QED) is 0.0548. The molecule has 6 aromatic rings. The van der Waals surface area contributed by atoms with Gasteiger partial charge >= 0.3 is 11.9 Å². The van der Waals surface area contributed by atoms with Crippen molar-refractivity contribution in [1.29, 1.82) is 0 Å². The molecule has 0 radical (unpaired) electrons. The first-order valence-electron chi connectivity index (χ1n) is 23.0. The standard InChI is InChI=1S/C50H52ClN7O10S2/c1-50(2)25-32(53-31-10-4-8-29(24-31)44-41(51)43(68-26-39(60)61)45(69-44)48(64)65)19-22-57(50)70(66,67)27-30-9-5-13-36-42(30)55-49(54-36)56-20-17-28(18-21-56)33-15-16-37-40-34(33)11-6-12-35(40)47(63)58(37)38(14-7-23-59)46(62)52-3/h4-6,8-13,15-16,23-24,28,32,38,53H,7,14,17-22,25-27H2,1-3H3,(H,52,62)(H,54,55)(H,60,61)(H,64,65). The van der Waals surface area contributed by atoms with Gasteiger partial charge in [0.15, 0.2) is 17.2 Å². The van der Waals surface area contributed by atoms with E-state index in [0.29, 0.717) is 64.7 Å². The number of hydrogen-bond donors (Lipinski definition) is 5. The molecule has 0 aliphatic carbocycles. The lowest BCUT2D eigenvalue weighted by Crippen LogP contribution is -2.55. The predicted octanol–water partition coefficient (Wildman–Crippen LogP) is 7.88. The summed E-state index contributed by atoms with van der Waals surface area (Å²) in [4.78, 5) is 73.5. The van der Waals surface area contributed by atoms with Gasteiger partial charge in [0.25, 0.3) is 5.91 Å². The Morgan fingerprint density at radius 3 is 2.50 bits per heavy atom. The molecule has 5 N–H and O–H groups in total. The second-order valence-electron chi connectivity index (χ2n) is 18.5. The third kappa shape index (κ3) is 9.18. The fourth-order valence-electron chi connectivity index (χ4n) is 10.5. The number of piperidine rings is 2. The average molecular weight is 1010 g/mol. The molecule has 2 fully saturated rings. The molecule has 0 spiro atoms. The predicted molar refractivity (Wildman–Crippen MR) is 269 cm³/mol. The maximum absolute atomic E-state index is 14.4. The van der Waals surface area contributed by atoms with E-state index in [0.717, 1.165) is 58.0 Å². The zero-order valence-electron chi connectivity index (χ0n) is 38.7. The summed E-state index contributed by atoms with van der Waals surface area (Å²) in [6, 6.07) is 21.6. The van der Waals surface area contributed by atoms with Crippen LogP contribution in [0.15, 0.2) is 72.8 Å². The molecule has 2 amide bonds. The first-order valence-corrected chi connectivity index (χ1v) is 25.8. The van der Waals surface area contributed by atoms with Crippen molar-refractivity contribution in [2.24, 2.45) is 0 Å². The van der Waals surface area contributed by atoms with Gasteiger partial charge < -0.3 is 40.3 Å². The van der Waals surface area contributed by atoms with E-state index in [1.165, 1.54) is 11.9 Å². The van der Waals surface area contributed by atoms with Gasteiger partial charge in [0, 0.05) is 61.3 Å². The number of carbonyl (C=O) groups is 5. The molecule has 2 unspecified atom stereocenters. The molecular weight excluding hydrogens is 958 g/mol. The lowest BCUT2D eigenvalue weighted by molar-refractivity contribution is -0.139. The molecule has 20 heteroatoms. The minimum atomic E-state index is -3.82. The normalized spacial score (nSPS) is 17.8. The molecule has 4 aromatic carbocycles. The minimum absolute atomic E-state index is 0.00648. The zero-order chi connectivity index (χ0) is 49.6. The molecule has 3 aliphatic heterocycles. The van der Waals surface area contributed by atoms with E-state index in [9.17, 15) is 37.5 Å². The molecule has 2 aromatic heterocycles. The summed E-state index contributed by atoms with van der Waals surface area (Å²) in [5.41, 5.74) is 4.87. The van der Waals surface area contributed by atoms with Crippen LogP contribution in [0.2, 0.25) is 5.02 Å². The second-order valence-corrected chi connectivity index (χ2v) is 21.8. The highest BCUT2D eigenvalue weighted by molar-refractivity contribution is 7.88. The van der Waals surface area contributed by atoms with Gasteiger partial charge in [-0.25, -0.2) is 23.0 Å². The summed E-state index contributed by atoms with van der Waals surface area (Å²) in [5, 5.41) is 26.8. The molecule has 2 atom stereocenters. The van der Waals surface area contributed by atoms with Crippen LogP contribution < -0.4 is 25.2 Å². The highest BCUT2D eigenvalue weighted by Crippen LogP contribution is 2.47. The van der Waals surface area contributed by atoms with E-state index < -0.39 is 40.1 Å². The number of para-hydroxylation sites is 1. The summed E-state index contributed by atoms with van der Waals surface area (Å²) >= 11 is 7.44. The fourth-order valence-corrected chi connectivity index (χ4v) is 13.9. The number of anilines is 3. The van der Waals surface area contributed by atoms with Crippen molar-refractivity contribution >= 4 is 102 Å². The van der Waals surface area contributed by atoms with E-state index in [4.69, 9.17) is 26.4 Å². The molecule has 9 rings (SSSR count). The number of amides is 2. The van der Waals surface area contributed by atoms with Gasteiger partial charge in [0.2, 0.25) is 21.9 Å². The number of nitrogens with one attached hydrogen (secondary N) is 3. The molecule has 17 nitrogen and oxygen atoms in total. The highest BCUT2D eigenvalue weighted by atomic mass is 35.5. The summed E-state index contributed by atoms with van der Waals surface area (Å²) in [7, 11) is -2.30. The van der Waals surface area contributed by atoms with Crippen LogP contribution in [0.1, 0.15) is 89.4 Å². The Morgan fingerprint density at radius 2 is 1.79 bits per heavy atom. The Balaban J connectivity index is 0.861. The number of fused-ring (bicyclic) bond motifs is 1. The summed E-state index contributed by atoms with van der Waals surface area (Å²) in [6.45, 7) is 4.75. The van der Waals surface area contributed by atoms with Gasteiger partial charge in [-0.2, -0.15) is 4.31 Å². The second kappa shape index (κ2) is 19.3. The number of carboxylic acids is 2. The van der Waals surface area contributed by atoms with Crippen molar-refractivity contribution in [2.75, 3.05) is 48.4 Å². The lowest BCUT2D eigenvalue weighted by Gasteiger charge is -2.45. The third-order valence-electron chi connectivity index (χ3n) is 13.6. The van der Waals surface area contributed by atoms with Gasteiger partial charge in [0.05, 0.1) is 27.4 Å². The number of H-pyrrole nitrogens is 1. The van der Waals surface area contributed by atoms with E-state index in [-0.39, 0.29) is 64.6 Å². The van der Waals surface area contributed by atoms with E-state index in [1.807, 2.05) is 62.4 Å². The molecule has 5 heterocycles. The van der Waals surface area contributed by atoms with Crippen LogP contribution in [-0.2, 0) is 30.2 Å². The molecule has 0 bridgehead atoms. The number of thiophene rings is 1. The largest absolute Gasteiger partial charge is 0.479 e. The molecule has 70 heavy (non-hydrogen) atoms. The number of aromatic amines is 1. The Kier molecular flexibility index (Phi) is 13.4. The number of ether oxygens (including phenoxy) is 1. The topological polar surface area (TPSA) is 232 Å². The monoisotopic (exact) mass is 1010 g/mol. The average Bonchev–Trinajstić information content (AvgIpc) is 4.01. The number of hydrogen-bond acceptors (Lipinski definition) is 12. The molecule has 0 saturated carbocycles. The number of aromatic nitrogens is 2. The van der Waals surface area contributed by atoms with Crippen LogP contribution in [0.3, 0.4) is 0 Å². The first kappa shape index (κ1) is 48.5. The van der Waals surface area contributed by atoms with Crippen LogP contribution >= 0.6 is 22.9 Å². The third-order valence-corrected chi connectivity index (χ3v) is 17.3. The number of benzene rings is 4. The Morgan fingerprint density at radius 1 is 1.03 bits per heavy atom. The van der Waals surface area contributed by atoms with Gasteiger partial charge in [-0.3, -0.25) is 14.5 Å². The van der Waals surface area contributed by atoms with Crippen LogP contribution in [0, 0.1) is 0 Å². The molecule has 2 saturated heterocycles. The molecule has 3 aliphatic rings. The van der Waals surface area contributed by atoms with Crippen molar-refractivity contribution in [1.82, 2.24) is 19.6 Å². The number of nitrogens with zero attached hydrogens (tertiary/aromatic N) is 4. The van der Waals surface area contributed by atoms with Crippen molar-refractivity contribution < 1.29 is 47.3 Å². The van der Waals surface area contributed by atoms with Crippen LogP contribution in [0.5, 0.6) is 5.75 Å². The number of likely N-dealkylation sites (N-methyl/N-ethyl adjacent to an activating group) is 1. The summed E-state index contributed by atoms with van der Waals surface area (Å²) in [5.74, 6) is -2.71. The Bertz CT molecular complexity index is 3180. The van der Waals surface area contributed by atoms with Crippen molar-refractivity contribution in [2.45, 2.75) is 81.7 Å². The van der Waals surface area contributed by atoms with Crippen LogP contribution in [0.4, 0.5) is 17.3 Å². The minimum Gasteiger partial charge on any atom is -0.479 e. The number of aliphatic carboxylic acids is 1. The van der Waals surface area contributed by atoms with Crippen molar-refractivity contribution in [3.05, 3.63) is 99.4 Å². The van der Waals surface area contributed by atoms with Crippen molar-refractivity contribution in [3.63, 3.8) is 0 Å². The van der Waals surface area contributed by atoms with Gasteiger partial charge in [-0.05, 0) is 104 Å². The first-order chi connectivity index (χ1) is 33.5. The van der Waals surface area contributed by atoms with Gasteiger partial charge in [-0.1, -0.05) is 54.1 Å². The maximum Gasteiger partial charge on any atom is 0.349 e. The fraction of sp³-hybridized carbons (Fsp3) is 0.360. The van der Waals surface area contributed by atoms with E-state index in [1.54, 1.807) is 22.5 Å². The smallest absolute Gasteiger partial charge is 0.349 e. The highest BCUT2D eigenvalue weighted by Gasteiger charge is 2.42. The number of rotatable bonds is 17. The van der Waals surface area contributed by atoms with E-state index in [2.05, 4.69) is 26.6 Å².